The number of rotatable bonds is 4. The Labute approximate surface area is 164 Å². The zero-order valence-corrected chi connectivity index (χ0v) is 15.6. The topological polar surface area (TPSA) is 73.2 Å². The molecule has 1 aliphatic heterocycles. The van der Waals surface area contributed by atoms with Crippen LogP contribution in [0.15, 0.2) is 59.1 Å². The monoisotopic (exact) mass is 399 g/mol. The lowest BCUT2D eigenvalue weighted by molar-refractivity contribution is -0.117. The Hall–Kier alpha value is -3.18. The fourth-order valence-corrected chi connectivity index (χ4v) is 4.08. The first-order chi connectivity index (χ1) is 13.4. The number of nitriles is 1. The van der Waals surface area contributed by atoms with Crippen LogP contribution < -0.4 is 10.2 Å². The molecule has 1 saturated heterocycles. The van der Waals surface area contributed by atoms with E-state index in [1.807, 2.05) is 6.07 Å². The Morgan fingerprint density at radius 3 is 2.25 bits per heavy atom. The largest absolute Gasteiger partial charge is 0.354 e. The maximum atomic E-state index is 13.3. The average molecular weight is 399 g/mol. The van der Waals surface area contributed by atoms with Gasteiger partial charge >= 0.3 is 0 Å². The van der Waals surface area contributed by atoms with Gasteiger partial charge in [0.2, 0.25) is 5.91 Å². The Balaban J connectivity index is 2.03. The van der Waals surface area contributed by atoms with Crippen molar-refractivity contribution in [3.63, 3.8) is 0 Å². The van der Waals surface area contributed by atoms with Crippen LogP contribution in [-0.2, 0) is 16.0 Å². The number of anilines is 1. The fourth-order valence-electron chi connectivity index (χ4n) is 2.77. The molecular formula is C20H15F2N3O2S. The zero-order chi connectivity index (χ0) is 20.3. The van der Waals surface area contributed by atoms with Crippen LogP contribution in [0.3, 0.4) is 0 Å². The molecule has 1 fully saturated rings. The third kappa shape index (κ3) is 3.89. The van der Waals surface area contributed by atoms with Gasteiger partial charge in [-0.05, 0) is 48.4 Å². The minimum Gasteiger partial charge on any atom is -0.354 e. The summed E-state index contributed by atoms with van der Waals surface area (Å²) in [5.41, 5.74) is 0.893. The zero-order valence-electron chi connectivity index (χ0n) is 14.8. The molecule has 0 spiro atoms. The van der Waals surface area contributed by atoms with Gasteiger partial charge in [-0.15, -0.1) is 0 Å². The van der Waals surface area contributed by atoms with Crippen LogP contribution in [-0.4, -0.2) is 24.1 Å². The van der Waals surface area contributed by atoms with Crippen LogP contribution in [0, 0.1) is 23.0 Å². The molecular weight excluding hydrogens is 384 g/mol. The number of hydrogen-bond acceptors (Lipinski definition) is 4. The maximum Gasteiger partial charge on any atom is 0.264 e. The molecule has 1 heterocycles. The summed E-state index contributed by atoms with van der Waals surface area (Å²) < 4.78 is 26.4. The third-order valence-electron chi connectivity index (χ3n) is 4.15. The molecule has 0 aliphatic carbocycles. The first-order valence-electron chi connectivity index (χ1n) is 8.31. The minimum atomic E-state index is -0.618. The van der Waals surface area contributed by atoms with E-state index in [4.69, 9.17) is 0 Å². The third-order valence-corrected chi connectivity index (χ3v) is 5.41. The van der Waals surface area contributed by atoms with Crippen LogP contribution in [0.1, 0.15) is 5.56 Å². The molecule has 1 N–H and O–H groups in total. The predicted molar refractivity (Wildman–Crippen MR) is 102 cm³/mol. The molecule has 2 aromatic carbocycles. The molecule has 1 atom stereocenters. The van der Waals surface area contributed by atoms with Crippen molar-refractivity contribution < 1.29 is 18.4 Å². The van der Waals surface area contributed by atoms with Crippen molar-refractivity contribution in [1.82, 2.24) is 5.32 Å². The molecule has 28 heavy (non-hydrogen) atoms. The summed E-state index contributed by atoms with van der Waals surface area (Å²) in [6.07, 6.45) is 0.289. The highest BCUT2D eigenvalue weighted by Crippen LogP contribution is 2.41. The average Bonchev–Trinajstić information content (AvgIpc) is 3.00. The van der Waals surface area contributed by atoms with Gasteiger partial charge in [0, 0.05) is 12.7 Å². The summed E-state index contributed by atoms with van der Waals surface area (Å²) in [5, 5.41) is 11.4. The van der Waals surface area contributed by atoms with Crippen LogP contribution in [0.2, 0.25) is 0 Å². The van der Waals surface area contributed by atoms with Gasteiger partial charge in [-0.1, -0.05) is 23.9 Å². The van der Waals surface area contributed by atoms with E-state index in [-0.39, 0.29) is 28.7 Å². The number of amides is 2. The van der Waals surface area contributed by atoms with E-state index in [1.165, 1.54) is 48.3 Å². The number of nitrogens with one attached hydrogen (secondary N) is 1. The number of halogens is 2. The van der Waals surface area contributed by atoms with Crippen molar-refractivity contribution in [2.24, 2.45) is 0 Å². The summed E-state index contributed by atoms with van der Waals surface area (Å²) in [5.74, 6) is -1.81. The molecule has 0 bridgehead atoms. The van der Waals surface area contributed by atoms with E-state index < -0.39 is 17.0 Å². The molecule has 3 rings (SSSR count). The lowest BCUT2D eigenvalue weighted by Crippen LogP contribution is -2.31. The fraction of sp³-hybridized carbons (Fsp3) is 0.150. The SMILES string of the molecule is CNC(=O)/C(C#N)=C1\S[C@@H](Cc2ccc(F)cc2)C(=O)N1c1ccc(F)cc1. The number of likely N-dealkylation sites (N-methyl/N-ethyl adjacent to an activating group) is 1. The number of carbonyl (C=O) groups excluding carboxylic acids is 2. The van der Waals surface area contributed by atoms with Crippen LogP contribution in [0.5, 0.6) is 0 Å². The second-order valence-electron chi connectivity index (χ2n) is 5.96. The standard InChI is InChI=1S/C20H15F2N3O2S/c1-24-18(26)16(11-23)20-25(15-8-6-14(22)7-9-15)19(27)17(28-20)10-12-2-4-13(21)5-3-12/h2-9,17H,10H2,1H3,(H,24,26)/b20-16-/t17-/m0/s1. The number of benzene rings is 2. The summed E-state index contributed by atoms with van der Waals surface area (Å²) >= 11 is 1.09. The molecule has 2 amide bonds. The van der Waals surface area contributed by atoms with Crippen LogP contribution in [0.4, 0.5) is 14.5 Å². The van der Waals surface area contributed by atoms with Crippen molar-refractivity contribution in [3.8, 4) is 6.07 Å². The summed E-state index contributed by atoms with van der Waals surface area (Å²) in [6, 6.07) is 12.8. The second-order valence-corrected chi connectivity index (χ2v) is 7.15. The maximum absolute atomic E-state index is 13.3. The van der Waals surface area contributed by atoms with Gasteiger partial charge in [0.15, 0.2) is 0 Å². The summed E-state index contributed by atoms with van der Waals surface area (Å²) in [4.78, 5) is 26.4. The normalized spacial score (nSPS) is 18.0. The molecule has 5 nitrogen and oxygen atoms in total. The number of carbonyl (C=O) groups is 2. The molecule has 2 aromatic rings. The van der Waals surface area contributed by atoms with Gasteiger partial charge in [-0.25, -0.2) is 8.78 Å². The first-order valence-corrected chi connectivity index (χ1v) is 9.19. The smallest absolute Gasteiger partial charge is 0.264 e. The Kier molecular flexibility index (Phi) is 5.76. The Morgan fingerprint density at radius 1 is 1.14 bits per heavy atom. The quantitative estimate of drug-likeness (QED) is 0.633. The van der Waals surface area contributed by atoms with Crippen molar-refractivity contribution in [2.75, 3.05) is 11.9 Å². The Morgan fingerprint density at radius 2 is 1.71 bits per heavy atom. The molecule has 0 radical (unpaired) electrons. The van der Waals surface area contributed by atoms with E-state index in [0.717, 1.165) is 17.3 Å². The number of thioether (sulfide) groups is 1. The molecule has 0 unspecified atom stereocenters. The van der Waals surface area contributed by atoms with Crippen molar-refractivity contribution in [1.29, 1.82) is 5.26 Å². The number of nitrogens with zero attached hydrogens (tertiary/aromatic N) is 2. The molecule has 0 aromatic heterocycles. The highest BCUT2D eigenvalue weighted by molar-refractivity contribution is 8.05. The lowest BCUT2D eigenvalue weighted by Gasteiger charge is -2.18. The molecule has 8 heteroatoms. The van der Waals surface area contributed by atoms with Gasteiger partial charge in [0.05, 0.1) is 5.25 Å². The van der Waals surface area contributed by atoms with Gasteiger partial charge in [-0.2, -0.15) is 5.26 Å². The van der Waals surface area contributed by atoms with Crippen molar-refractivity contribution in [2.45, 2.75) is 11.7 Å². The van der Waals surface area contributed by atoms with Gasteiger partial charge < -0.3 is 5.32 Å². The minimum absolute atomic E-state index is 0.186. The van der Waals surface area contributed by atoms with Crippen LogP contribution in [0.25, 0.3) is 0 Å². The molecule has 1 aliphatic rings. The first kappa shape index (κ1) is 19.6. The van der Waals surface area contributed by atoms with Gasteiger partial charge in [0.25, 0.3) is 5.91 Å². The van der Waals surface area contributed by atoms with Crippen molar-refractivity contribution in [3.05, 3.63) is 76.3 Å². The molecule has 0 saturated carbocycles. The van der Waals surface area contributed by atoms with Gasteiger partial charge in [-0.3, -0.25) is 14.5 Å². The second kappa shape index (κ2) is 8.23. The predicted octanol–water partition coefficient (Wildman–Crippen LogP) is 3.14. The Bertz CT molecular complexity index is 982. The van der Waals surface area contributed by atoms with E-state index in [0.29, 0.717) is 5.69 Å². The molecule has 142 valence electrons. The van der Waals surface area contributed by atoms with E-state index in [1.54, 1.807) is 12.1 Å². The van der Waals surface area contributed by atoms with Gasteiger partial charge in [0.1, 0.15) is 28.3 Å². The summed E-state index contributed by atoms with van der Waals surface area (Å²) in [6.45, 7) is 0. The highest BCUT2D eigenvalue weighted by atomic mass is 32.2. The lowest BCUT2D eigenvalue weighted by atomic mass is 10.1. The number of hydrogen-bond donors (Lipinski definition) is 1. The van der Waals surface area contributed by atoms with E-state index in [9.17, 15) is 23.6 Å². The van der Waals surface area contributed by atoms with E-state index in [2.05, 4.69) is 5.32 Å². The van der Waals surface area contributed by atoms with Crippen molar-refractivity contribution >= 4 is 29.3 Å². The van der Waals surface area contributed by atoms with E-state index >= 15 is 0 Å². The highest BCUT2D eigenvalue weighted by Gasteiger charge is 2.40. The van der Waals surface area contributed by atoms with Crippen LogP contribution >= 0.6 is 11.8 Å². The summed E-state index contributed by atoms with van der Waals surface area (Å²) in [7, 11) is 1.39.